The van der Waals surface area contributed by atoms with Crippen molar-refractivity contribution in [3.05, 3.63) is 0 Å². The fourth-order valence-electron chi connectivity index (χ4n) is 1.44. The van der Waals surface area contributed by atoms with Gasteiger partial charge in [-0.3, -0.25) is 0 Å². The predicted molar refractivity (Wildman–Crippen MR) is 42.8 cm³/mol. The number of hydrogen-bond acceptors (Lipinski definition) is 2. The van der Waals surface area contributed by atoms with Crippen LogP contribution in [0.5, 0.6) is 0 Å². The summed E-state index contributed by atoms with van der Waals surface area (Å²) in [6.07, 6.45) is -0.105. The Bertz CT molecular complexity index is 156. The summed E-state index contributed by atoms with van der Waals surface area (Å²) in [5.41, 5.74) is 0. The van der Waals surface area contributed by atoms with Crippen molar-refractivity contribution in [3.8, 4) is 0 Å². The van der Waals surface area contributed by atoms with E-state index in [9.17, 15) is 0 Å². The minimum Gasteiger partial charge on any atom is -0.353 e. The third-order valence-electron chi connectivity index (χ3n) is 2.39. The van der Waals surface area contributed by atoms with Gasteiger partial charge in [-0.25, -0.2) is 0 Å². The lowest BCUT2D eigenvalue weighted by Gasteiger charge is -2.12. The van der Waals surface area contributed by atoms with E-state index in [0.717, 1.165) is 0 Å². The van der Waals surface area contributed by atoms with Crippen molar-refractivity contribution >= 4 is 23.2 Å². The van der Waals surface area contributed by atoms with E-state index < -0.39 is 4.33 Å². The molecule has 2 rings (SSSR count). The Kier molecular flexibility index (Phi) is 1.84. The molecule has 4 heteroatoms. The average Bonchev–Trinajstić information content (AvgIpc) is 2.51. The number of ether oxygens (including phenoxy) is 2. The summed E-state index contributed by atoms with van der Waals surface area (Å²) >= 11 is 11.9. The highest BCUT2D eigenvalue weighted by Crippen LogP contribution is 2.60. The Balaban J connectivity index is 1.98. The number of rotatable bonds is 0. The second-order valence-electron chi connectivity index (χ2n) is 3.12. The van der Waals surface area contributed by atoms with Crippen LogP contribution in [0.25, 0.3) is 0 Å². The van der Waals surface area contributed by atoms with Gasteiger partial charge in [-0.2, -0.15) is 0 Å². The zero-order valence-electron chi connectivity index (χ0n) is 6.22. The maximum absolute atomic E-state index is 5.94. The molecular formula is C7H10Cl2O2. The predicted octanol–water partition coefficient (Wildman–Crippen LogP) is 1.80. The topological polar surface area (TPSA) is 18.5 Å². The number of hydrogen-bond donors (Lipinski definition) is 0. The lowest BCUT2D eigenvalue weighted by molar-refractivity contribution is -0.121. The van der Waals surface area contributed by atoms with Gasteiger partial charge in [-0.1, -0.05) is 0 Å². The second-order valence-corrected chi connectivity index (χ2v) is 4.57. The van der Waals surface area contributed by atoms with E-state index in [1.807, 2.05) is 6.92 Å². The SMILES string of the molecule is CC1OC[C@@H]2[C@@H](CO1)C2(Cl)Cl. The molecule has 0 N–H and O–H groups in total. The molecule has 2 nitrogen and oxygen atoms in total. The molecule has 1 aliphatic heterocycles. The monoisotopic (exact) mass is 196 g/mol. The van der Waals surface area contributed by atoms with Crippen LogP contribution in [0.4, 0.5) is 0 Å². The second kappa shape index (κ2) is 2.49. The Morgan fingerprint density at radius 3 is 2.09 bits per heavy atom. The number of alkyl halides is 2. The van der Waals surface area contributed by atoms with Crippen molar-refractivity contribution in [2.45, 2.75) is 17.5 Å². The van der Waals surface area contributed by atoms with Gasteiger partial charge in [-0.05, 0) is 6.92 Å². The molecule has 0 amide bonds. The quantitative estimate of drug-likeness (QED) is 0.551. The Labute approximate surface area is 75.8 Å². The summed E-state index contributed by atoms with van der Waals surface area (Å²) in [4.78, 5) is 0. The first-order valence-electron chi connectivity index (χ1n) is 3.73. The molecule has 0 aromatic heterocycles. The first-order chi connectivity index (χ1) is 5.12. The van der Waals surface area contributed by atoms with Crippen molar-refractivity contribution in [1.29, 1.82) is 0 Å². The molecule has 1 heterocycles. The first kappa shape index (κ1) is 8.11. The summed E-state index contributed by atoms with van der Waals surface area (Å²) in [5, 5.41) is 0. The van der Waals surface area contributed by atoms with Gasteiger partial charge in [0.25, 0.3) is 0 Å². The van der Waals surface area contributed by atoms with Crippen LogP contribution >= 0.6 is 23.2 Å². The minimum atomic E-state index is -0.583. The molecule has 0 unspecified atom stereocenters. The number of fused-ring (bicyclic) bond motifs is 1. The van der Waals surface area contributed by atoms with Crippen LogP contribution in [0.1, 0.15) is 6.92 Å². The van der Waals surface area contributed by atoms with Crippen molar-refractivity contribution in [3.63, 3.8) is 0 Å². The van der Waals surface area contributed by atoms with E-state index in [1.54, 1.807) is 0 Å². The number of halogens is 2. The lowest BCUT2D eigenvalue weighted by atomic mass is 10.3. The van der Waals surface area contributed by atoms with E-state index in [2.05, 4.69) is 0 Å². The van der Waals surface area contributed by atoms with E-state index in [4.69, 9.17) is 32.7 Å². The fraction of sp³-hybridized carbons (Fsp3) is 1.00. The highest BCUT2D eigenvalue weighted by atomic mass is 35.5. The van der Waals surface area contributed by atoms with Crippen molar-refractivity contribution in [2.24, 2.45) is 11.8 Å². The molecule has 0 spiro atoms. The van der Waals surface area contributed by atoms with E-state index in [1.165, 1.54) is 0 Å². The van der Waals surface area contributed by atoms with E-state index >= 15 is 0 Å². The summed E-state index contributed by atoms with van der Waals surface area (Å²) in [6, 6.07) is 0. The van der Waals surface area contributed by atoms with Crippen LogP contribution in [-0.4, -0.2) is 23.8 Å². The van der Waals surface area contributed by atoms with E-state index in [-0.39, 0.29) is 18.1 Å². The molecule has 1 saturated carbocycles. The maximum Gasteiger partial charge on any atom is 0.154 e. The van der Waals surface area contributed by atoms with Crippen LogP contribution in [0.2, 0.25) is 0 Å². The van der Waals surface area contributed by atoms with Crippen LogP contribution < -0.4 is 0 Å². The fourth-order valence-corrected chi connectivity index (χ4v) is 2.18. The van der Waals surface area contributed by atoms with Crippen LogP contribution in [-0.2, 0) is 9.47 Å². The van der Waals surface area contributed by atoms with Crippen LogP contribution in [0, 0.1) is 11.8 Å². The van der Waals surface area contributed by atoms with Gasteiger partial charge >= 0.3 is 0 Å². The lowest BCUT2D eigenvalue weighted by Crippen LogP contribution is -2.15. The molecule has 0 radical (unpaired) electrons. The van der Waals surface area contributed by atoms with Gasteiger partial charge in [0.2, 0.25) is 0 Å². The molecule has 2 fully saturated rings. The Hall–Kier alpha value is 0.500. The standard InChI is InChI=1S/C7H10Cl2O2/c1-4-10-2-5-6(3-11-4)7(5,8)9/h4-6H,2-3H2,1H3/t5-,6-/m1/s1. The molecule has 1 aliphatic carbocycles. The molecule has 2 aliphatic rings. The molecule has 64 valence electrons. The molecule has 1 saturated heterocycles. The first-order valence-corrected chi connectivity index (χ1v) is 4.49. The van der Waals surface area contributed by atoms with Crippen LogP contribution in [0.15, 0.2) is 0 Å². The molecular weight excluding hydrogens is 187 g/mol. The average molecular weight is 197 g/mol. The van der Waals surface area contributed by atoms with Gasteiger partial charge in [0.15, 0.2) is 6.29 Å². The molecule has 0 aromatic rings. The van der Waals surface area contributed by atoms with Crippen molar-refractivity contribution in [1.82, 2.24) is 0 Å². The summed E-state index contributed by atoms with van der Waals surface area (Å²) < 4.78 is 10.0. The summed E-state index contributed by atoms with van der Waals surface area (Å²) in [7, 11) is 0. The molecule has 2 atom stereocenters. The van der Waals surface area contributed by atoms with Gasteiger partial charge in [-0.15, -0.1) is 23.2 Å². The highest BCUT2D eigenvalue weighted by molar-refractivity contribution is 6.51. The van der Waals surface area contributed by atoms with Crippen molar-refractivity contribution < 1.29 is 9.47 Å². The van der Waals surface area contributed by atoms with Gasteiger partial charge < -0.3 is 9.47 Å². The van der Waals surface area contributed by atoms with E-state index in [0.29, 0.717) is 13.2 Å². The third-order valence-corrected chi connectivity index (χ3v) is 3.51. The Morgan fingerprint density at radius 1 is 1.18 bits per heavy atom. The zero-order valence-corrected chi connectivity index (χ0v) is 7.73. The maximum atomic E-state index is 5.94. The summed E-state index contributed by atoms with van der Waals surface area (Å²) in [6.45, 7) is 3.13. The minimum absolute atomic E-state index is 0.105. The normalized spacial score (nSPS) is 42.8. The molecule has 11 heavy (non-hydrogen) atoms. The summed E-state index contributed by atoms with van der Waals surface area (Å²) in [5.74, 6) is 0.548. The third kappa shape index (κ3) is 1.26. The van der Waals surface area contributed by atoms with Gasteiger partial charge in [0.1, 0.15) is 4.33 Å². The largest absolute Gasteiger partial charge is 0.353 e. The molecule has 0 bridgehead atoms. The van der Waals surface area contributed by atoms with Gasteiger partial charge in [0, 0.05) is 11.8 Å². The van der Waals surface area contributed by atoms with Crippen LogP contribution in [0.3, 0.4) is 0 Å². The Morgan fingerprint density at radius 2 is 1.64 bits per heavy atom. The zero-order chi connectivity index (χ0) is 8.06. The van der Waals surface area contributed by atoms with Gasteiger partial charge in [0.05, 0.1) is 13.2 Å². The smallest absolute Gasteiger partial charge is 0.154 e. The molecule has 0 aromatic carbocycles. The highest BCUT2D eigenvalue weighted by Gasteiger charge is 2.64. The van der Waals surface area contributed by atoms with Crippen molar-refractivity contribution in [2.75, 3.05) is 13.2 Å².